The molecule has 0 radical (unpaired) electrons. The molecule has 0 N–H and O–H groups in total. The van der Waals surface area contributed by atoms with Crippen LogP contribution in [0.1, 0.15) is 52.7 Å². The van der Waals surface area contributed by atoms with Gasteiger partial charge in [0.2, 0.25) is 5.88 Å². The van der Waals surface area contributed by atoms with Crippen LogP contribution in [-0.4, -0.2) is 60.7 Å². The van der Waals surface area contributed by atoms with Gasteiger partial charge in [0.05, 0.1) is 25.1 Å². The highest BCUT2D eigenvalue weighted by Crippen LogP contribution is 2.42. The maximum absolute atomic E-state index is 11.8. The summed E-state index contributed by atoms with van der Waals surface area (Å²) in [6.07, 6.45) is 9.57. The lowest BCUT2D eigenvalue weighted by molar-refractivity contribution is 0.0535. The predicted molar refractivity (Wildman–Crippen MR) is 122 cm³/mol. The summed E-state index contributed by atoms with van der Waals surface area (Å²) in [5.41, 5.74) is 4.89. The van der Waals surface area contributed by atoms with E-state index in [2.05, 4.69) is 32.8 Å². The number of hydrogen-bond acceptors (Lipinski definition) is 7. The van der Waals surface area contributed by atoms with Crippen LogP contribution in [0.4, 0.5) is 5.82 Å². The van der Waals surface area contributed by atoms with Gasteiger partial charge in [-0.15, -0.1) is 0 Å². The van der Waals surface area contributed by atoms with Gasteiger partial charge in [0.25, 0.3) is 0 Å². The first-order valence-electron chi connectivity index (χ1n) is 11.7. The number of esters is 1. The first-order chi connectivity index (χ1) is 15.6. The molecular weight excluding hydrogens is 404 g/mol. The number of hydrogen-bond donors (Lipinski definition) is 0. The summed E-state index contributed by atoms with van der Waals surface area (Å²) in [6, 6.07) is 4.06. The van der Waals surface area contributed by atoms with E-state index in [1.807, 2.05) is 12.3 Å². The third-order valence-corrected chi connectivity index (χ3v) is 7.86. The molecule has 0 unspecified atom stereocenters. The van der Waals surface area contributed by atoms with Crippen molar-refractivity contribution in [2.75, 3.05) is 44.7 Å². The molecule has 3 aliphatic heterocycles. The summed E-state index contributed by atoms with van der Waals surface area (Å²) in [7, 11) is 1.62. The fourth-order valence-corrected chi connectivity index (χ4v) is 5.49. The lowest BCUT2D eigenvalue weighted by Gasteiger charge is -2.47. The molecule has 7 heteroatoms. The number of carbonyl (C=O) groups is 1. The molecule has 5 rings (SSSR count). The highest BCUT2D eigenvalue weighted by atomic mass is 16.5. The van der Waals surface area contributed by atoms with Gasteiger partial charge in [-0.2, -0.15) is 0 Å². The van der Waals surface area contributed by atoms with Gasteiger partial charge in [0.15, 0.2) is 0 Å². The Hall–Kier alpha value is -2.67. The van der Waals surface area contributed by atoms with Gasteiger partial charge in [0, 0.05) is 25.2 Å². The Balaban J connectivity index is 1.11. The van der Waals surface area contributed by atoms with Gasteiger partial charge in [-0.3, -0.25) is 0 Å². The summed E-state index contributed by atoms with van der Waals surface area (Å²) in [5.74, 6) is 1.34. The molecule has 0 atom stereocenters. The van der Waals surface area contributed by atoms with Gasteiger partial charge >= 0.3 is 5.97 Å². The Morgan fingerprint density at radius 1 is 1.06 bits per heavy atom. The van der Waals surface area contributed by atoms with Crippen molar-refractivity contribution < 1.29 is 14.3 Å². The number of piperidine rings is 2. The number of cyclic esters (lactones) is 1. The van der Waals surface area contributed by atoms with Crippen molar-refractivity contribution in [3.63, 3.8) is 0 Å². The molecule has 1 aromatic heterocycles. The average Bonchev–Trinajstić information content (AvgIpc) is 3.22. The molecular formula is C25H32N4O3. The fourth-order valence-electron chi connectivity index (χ4n) is 5.49. The van der Waals surface area contributed by atoms with Crippen LogP contribution in [0.2, 0.25) is 0 Å². The zero-order chi connectivity index (χ0) is 22.1. The third-order valence-electron chi connectivity index (χ3n) is 7.86. The first-order valence-corrected chi connectivity index (χ1v) is 11.7. The topological polar surface area (TPSA) is 67.8 Å². The molecule has 0 bridgehead atoms. The van der Waals surface area contributed by atoms with E-state index in [0.717, 1.165) is 43.0 Å². The van der Waals surface area contributed by atoms with Gasteiger partial charge in [-0.25, -0.2) is 14.8 Å². The minimum absolute atomic E-state index is 0.180. The quantitative estimate of drug-likeness (QED) is 0.666. The van der Waals surface area contributed by atoms with Crippen LogP contribution in [-0.2, 0) is 17.8 Å². The zero-order valence-electron chi connectivity index (χ0n) is 19.1. The third kappa shape index (κ3) is 4.06. The summed E-state index contributed by atoms with van der Waals surface area (Å²) < 4.78 is 10.3. The number of likely N-dealkylation sites (tertiary alicyclic amines) is 1. The van der Waals surface area contributed by atoms with E-state index in [1.165, 1.54) is 49.9 Å². The number of methoxy groups -OCH3 is 1. The number of fused-ring (bicyclic) bond motifs is 1. The highest BCUT2D eigenvalue weighted by Gasteiger charge is 2.37. The zero-order valence-corrected chi connectivity index (χ0v) is 19.1. The van der Waals surface area contributed by atoms with Gasteiger partial charge in [0.1, 0.15) is 12.4 Å². The summed E-state index contributed by atoms with van der Waals surface area (Å²) in [4.78, 5) is 25.5. The average molecular weight is 437 g/mol. The molecule has 1 spiro atoms. The molecule has 170 valence electrons. The lowest BCUT2D eigenvalue weighted by Crippen LogP contribution is -2.47. The van der Waals surface area contributed by atoms with E-state index in [-0.39, 0.29) is 5.97 Å². The molecule has 1 aromatic carbocycles. The lowest BCUT2D eigenvalue weighted by atomic mass is 9.71. The molecule has 32 heavy (non-hydrogen) atoms. The van der Waals surface area contributed by atoms with E-state index in [9.17, 15) is 4.79 Å². The Morgan fingerprint density at radius 2 is 1.81 bits per heavy atom. The van der Waals surface area contributed by atoms with Crippen molar-refractivity contribution in [3.05, 3.63) is 46.8 Å². The van der Waals surface area contributed by atoms with Crippen LogP contribution < -0.4 is 9.64 Å². The standard InChI is InChI=1S/C25H32N4O3/c1-18-19(3-4-20-21(18)17-32-24(20)30)5-10-28-11-6-25(7-12-28)8-13-29(14-9-25)22-15-27-23(31-2)16-26-22/h3-4,15-16H,5-14,17H2,1-2H3. The second kappa shape index (κ2) is 8.70. The smallest absolute Gasteiger partial charge is 0.338 e. The van der Waals surface area contributed by atoms with E-state index in [0.29, 0.717) is 17.9 Å². The largest absolute Gasteiger partial charge is 0.480 e. The van der Waals surface area contributed by atoms with Crippen molar-refractivity contribution in [3.8, 4) is 5.88 Å². The second-order valence-electron chi connectivity index (χ2n) is 9.45. The van der Waals surface area contributed by atoms with Crippen LogP contribution in [0.3, 0.4) is 0 Å². The highest BCUT2D eigenvalue weighted by molar-refractivity contribution is 5.93. The van der Waals surface area contributed by atoms with Crippen molar-refractivity contribution >= 4 is 11.8 Å². The van der Waals surface area contributed by atoms with Crippen molar-refractivity contribution in [2.24, 2.45) is 5.41 Å². The Morgan fingerprint density at radius 3 is 2.50 bits per heavy atom. The maximum Gasteiger partial charge on any atom is 0.338 e. The van der Waals surface area contributed by atoms with E-state index in [1.54, 1.807) is 13.3 Å². The molecule has 0 saturated carbocycles. The van der Waals surface area contributed by atoms with E-state index < -0.39 is 0 Å². The predicted octanol–water partition coefficient (Wildman–Crippen LogP) is 3.39. The molecule has 0 amide bonds. The molecule has 0 aliphatic carbocycles. The Bertz CT molecular complexity index is 973. The number of rotatable bonds is 5. The Labute approximate surface area is 189 Å². The Kier molecular flexibility index (Phi) is 5.76. The molecule has 2 aromatic rings. The van der Waals surface area contributed by atoms with E-state index in [4.69, 9.17) is 9.47 Å². The molecule has 4 heterocycles. The number of anilines is 1. The van der Waals surface area contributed by atoms with Crippen LogP contribution in [0.25, 0.3) is 0 Å². The van der Waals surface area contributed by atoms with Gasteiger partial charge < -0.3 is 19.3 Å². The fraction of sp³-hybridized carbons (Fsp3) is 0.560. The molecule has 2 fully saturated rings. The van der Waals surface area contributed by atoms with Crippen molar-refractivity contribution in [1.29, 1.82) is 0 Å². The minimum atomic E-state index is -0.180. The summed E-state index contributed by atoms with van der Waals surface area (Å²) in [6.45, 7) is 8.09. The number of ether oxygens (including phenoxy) is 2. The minimum Gasteiger partial charge on any atom is -0.480 e. The number of nitrogens with zero attached hydrogens (tertiary/aromatic N) is 4. The van der Waals surface area contributed by atoms with Crippen LogP contribution in [0.5, 0.6) is 5.88 Å². The van der Waals surface area contributed by atoms with Crippen LogP contribution >= 0.6 is 0 Å². The van der Waals surface area contributed by atoms with Gasteiger partial charge in [-0.05, 0) is 74.7 Å². The number of aromatic nitrogens is 2. The molecule has 2 saturated heterocycles. The monoisotopic (exact) mass is 436 g/mol. The van der Waals surface area contributed by atoms with Crippen molar-refractivity contribution in [2.45, 2.75) is 45.6 Å². The van der Waals surface area contributed by atoms with Crippen LogP contribution in [0, 0.1) is 12.3 Å². The molecule has 7 nitrogen and oxygen atoms in total. The normalized spacial score (nSPS) is 20.3. The summed E-state index contributed by atoms with van der Waals surface area (Å²) in [5, 5.41) is 0. The number of benzene rings is 1. The van der Waals surface area contributed by atoms with Gasteiger partial charge in [-0.1, -0.05) is 6.07 Å². The first kappa shape index (κ1) is 21.2. The number of carbonyl (C=O) groups excluding carboxylic acids is 1. The van der Waals surface area contributed by atoms with Crippen LogP contribution in [0.15, 0.2) is 24.5 Å². The SMILES string of the molecule is COc1cnc(N2CCC3(CCN(CCc4ccc5c(c4C)COC5=O)CC3)CC2)cn1. The van der Waals surface area contributed by atoms with Crippen molar-refractivity contribution in [1.82, 2.24) is 14.9 Å². The maximum atomic E-state index is 11.8. The second-order valence-corrected chi connectivity index (χ2v) is 9.45. The summed E-state index contributed by atoms with van der Waals surface area (Å²) >= 11 is 0. The molecule has 3 aliphatic rings. The van der Waals surface area contributed by atoms with E-state index >= 15 is 0 Å².